The van der Waals surface area contributed by atoms with Crippen molar-refractivity contribution in [2.75, 3.05) is 19.8 Å². The number of carbonyl (C=O) groups is 1. The Balaban J connectivity index is 0.00000364. The molecule has 0 unspecified atom stereocenters. The maximum Gasteiger partial charge on any atom is 0.255 e. The zero-order chi connectivity index (χ0) is 18.9. The van der Waals surface area contributed by atoms with Gasteiger partial charge in [0.15, 0.2) is 18.1 Å². The molecule has 0 saturated heterocycles. The van der Waals surface area contributed by atoms with E-state index in [2.05, 4.69) is 5.32 Å². The van der Waals surface area contributed by atoms with Crippen LogP contribution in [0.15, 0.2) is 36.4 Å². The summed E-state index contributed by atoms with van der Waals surface area (Å²) in [6.45, 7) is 3.32. The number of primary amides is 1. The van der Waals surface area contributed by atoms with Crippen LogP contribution in [0.5, 0.6) is 11.5 Å². The fraction of sp³-hybridized carbons (Fsp3) is 0.316. The van der Waals surface area contributed by atoms with Crippen molar-refractivity contribution in [2.24, 2.45) is 5.73 Å². The maximum absolute atomic E-state index is 12.9. The number of carbonyl (C=O) groups excluding carboxylic acids is 1. The Morgan fingerprint density at radius 1 is 1.19 bits per heavy atom. The Labute approximate surface area is 169 Å². The summed E-state index contributed by atoms with van der Waals surface area (Å²) < 4.78 is 23.8. The summed E-state index contributed by atoms with van der Waals surface area (Å²) in [5.74, 6) is -0.0486. The SMILES string of the molecule is CCOc1cc(CNCCc2ccc(F)cc2)cc(Cl)c1OCC(N)=O.Cl. The maximum atomic E-state index is 12.9. The van der Waals surface area contributed by atoms with Crippen molar-refractivity contribution in [1.82, 2.24) is 5.32 Å². The molecule has 1 amide bonds. The largest absolute Gasteiger partial charge is 0.490 e. The number of hydrogen-bond acceptors (Lipinski definition) is 4. The Kier molecular flexibility index (Phi) is 9.93. The highest BCUT2D eigenvalue weighted by Gasteiger charge is 2.13. The molecule has 5 nitrogen and oxygen atoms in total. The standard InChI is InChI=1S/C19H22ClFN2O3.ClH/c1-2-25-17-10-14(9-16(20)19(17)26-12-18(22)24)11-23-8-7-13-3-5-15(21)6-4-13;/h3-6,9-10,23H,2,7-8,11-12H2,1H3,(H2,22,24);1H. The lowest BCUT2D eigenvalue weighted by molar-refractivity contribution is -0.119. The molecule has 27 heavy (non-hydrogen) atoms. The first-order chi connectivity index (χ1) is 12.5. The first-order valence-electron chi connectivity index (χ1n) is 8.31. The van der Waals surface area contributed by atoms with Crippen molar-refractivity contribution in [3.63, 3.8) is 0 Å². The quantitative estimate of drug-likeness (QED) is 0.581. The monoisotopic (exact) mass is 416 g/mol. The molecule has 0 aliphatic rings. The van der Waals surface area contributed by atoms with Gasteiger partial charge in [0, 0.05) is 6.54 Å². The zero-order valence-electron chi connectivity index (χ0n) is 15.0. The third-order valence-electron chi connectivity index (χ3n) is 3.56. The Morgan fingerprint density at radius 2 is 1.89 bits per heavy atom. The number of ether oxygens (including phenoxy) is 2. The van der Waals surface area contributed by atoms with Crippen molar-refractivity contribution >= 4 is 29.9 Å². The Hall–Kier alpha value is -2.02. The van der Waals surface area contributed by atoms with E-state index in [1.807, 2.05) is 13.0 Å². The third-order valence-corrected chi connectivity index (χ3v) is 3.84. The highest BCUT2D eigenvalue weighted by atomic mass is 35.5. The van der Waals surface area contributed by atoms with Gasteiger partial charge in [-0.05, 0) is 55.3 Å². The van der Waals surface area contributed by atoms with Crippen molar-refractivity contribution in [2.45, 2.75) is 19.9 Å². The van der Waals surface area contributed by atoms with E-state index >= 15 is 0 Å². The van der Waals surface area contributed by atoms with E-state index in [0.29, 0.717) is 29.7 Å². The van der Waals surface area contributed by atoms with Gasteiger partial charge in [-0.2, -0.15) is 0 Å². The lowest BCUT2D eigenvalue weighted by atomic mass is 10.1. The third kappa shape index (κ3) is 7.62. The molecule has 0 fully saturated rings. The van der Waals surface area contributed by atoms with Crippen molar-refractivity contribution in [1.29, 1.82) is 0 Å². The molecule has 3 N–H and O–H groups in total. The summed E-state index contributed by atoms with van der Waals surface area (Å²) in [4.78, 5) is 10.9. The fourth-order valence-corrected chi connectivity index (χ4v) is 2.67. The molecule has 0 aliphatic carbocycles. The van der Waals surface area contributed by atoms with Crippen LogP contribution in [0, 0.1) is 5.82 Å². The van der Waals surface area contributed by atoms with Crippen LogP contribution in [0.2, 0.25) is 5.02 Å². The average Bonchev–Trinajstić information content (AvgIpc) is 2.59. The summed E-state index contributed by atoms with van der Waals surface area (Å²) in [5.41, 5.74) is 7.08. The number of halogens is 3. The van der Waals surface area contributed by atoms with Gasteiger partial charge in [-0.25, -0.2) is 4.39 Å². The van der Waals surface area contributed by atoms with E-state index in [1.165, 1.54) is 12.1 Å². The second-order valence-corrected chi connectivity index (χ2v) is 6.05. The first kappa shape index (κ1) is 23.0. The minimum Gasteiger partial charge on any atom is -0.490 e. The van der Waals surface area contributed by atoms with E-state index < -0.39 is 5.91 Å². The molecule has 0 atom stereocenters. The molecular weight excluding hydrogens is 394 g/mol. The van der Waals surface area contributed by atoms with Gasteiger partial charge in [0.05, 0.1) is 11.6 Å². The molecule has 0 heterocycles. The summed E-state index contributed by atoms with van der Waals surface area (Å²) in [7, 11) is 0. The molecule has 0 saturated carbocycles. The molecule has 148 valence electrons. The van der Waals surface area contributed by atoms with Crippen LogP contribution in [-0.4, -0.2) is 25.7 Å². The van der Waals surface area contributed by atoms with Gasteiger partial charge in [-0.3, -0.25) is 4.79 Å². The van der Waals surface area contributed by atoms with Gasteiger partial charge in [-0.1, -0.05) is 23.7 Å². The first-order valence-corrected chi connectivity index (χ1v) is 8.69. The molecule has 2 aromatic rings. The van der Waals surface area contributed by atoms with E-state index in [-0.39, 0.29) is 24.8 Å². The molecule has 0 bridgehead atoms. The van der Waals surface area contributed by atoms with E-state index in [9.17, 15) is 9.18 Å². The smallest absolute Gasteiger partial charge is 0.255 e. The van der Waals surface area contributed by atoms with Gasteiger partial charge < -0.3 is 20.5 Å². The molecule has 0 spiro atoms. The highest BCUT2D eigenvalue weighted by molar-refractivity contribution is 6.32. The van der Waals surface area contributed by atoms with Gasteiger partial charge in [0.25, 0.3) is 5.91 Å². The van der Waals surface area contributed by atoms with Gasteiger partial charge in [0.2, 0.25) is 0 Å². The van der Waals surface area contributed by atoms with Crippen molar-refractivity contribution < 1.29 is 18.7 Å². The lowest BCUT2D eigenvalue weighted by Gasteiger charge is -2.15. The van der Waals surface area contributed by atoms with Crippen LogP contribution in [0.25, 0.3) is 0 Å². The number of rotatable bonds is 10. The minimum absolute atomic E-state index is 0. The molecule has 0 radical (unpaired) electrons. The fourth-order valence-electron chi connectivity index (χ4n) is 2.39. The van der Waals surface area contributed by atoms with Crippen molar-refractivity contribution in [3.8, 4) is 11.5 Å². The summed E-state index contributed by atoms with van der Waals surface area (Å²) in [6, 6.07) is 10.0. The van der Waals surface area contributed by atoms with Gasteiger partial charge >= 0.3 is 0 Å². The van der Waals surface area contributed by atoms with Crippen molar-refractivity contribution in [3.05, 3.63) is 58.4 Å². The normalized spacial score (nSPS) is 10.2. The predicted octanol–water partition coefficient (Wildman–Crippen LogP) is 3.50. The lowest BCUT2D eigenvalue weighted by Crippen LogP contribution is -2.20. The second-order valence-electron chi connectivity index (χ2n) is 5.65. The summed E-state index contributed by atoms with van der Waals surface area (Å²) >= 11 is 6.26. The number of benzene rings is 2. The topological polar surface area (TPSA) is 73.6 Å². The van der Waals surface area contributed by atoms with E-state index in [1.54, 1.807) is 18.2 Å². The summed E-state index contributed by atoms with van der Waals surface area (Å²) in [6.07, 6.45) is 0.784. The van der Waals surface area contributed by atoms with Crippen LogP contribution < -0.4 is 20.5 Å². The van der Waals surface area contributed by atoms with Crippen LogP contribution in [0.1, 0.15) is 18.1 Å². The van der Waals surface area contributed by atoms with Crippen LogP contribution in [-0.2, 0) is 17.8 Å². The van der Waals surface area contributed by atoms with Crippen LogP contribution in [0.4, 0.5) is 4.39 Å². The molecule has 2 rings (SSSR count). The zero-order valence-corrected chi connectivity index (χ0v) is 16.5. The molecule has 8 heteroatoms. The second kappa shape index (κ2) is 11.6. The highest BCUT2D eigenvalue weighted by Crippen LogP contribution is 2.36. The minimum atomic E-state index is -0.588. The number of amides is 1. The van der Waals surface area contributed by atoms with E-state index in [4.69, 9.17) is 26.8 Å². The number of nitrogens with two attached hydrogens (primary N) is 1. The molecule has 2 aromatic carbocycles. The van der Waals surface area contributed by atoms with Gasteiger partial charge in [0.1, 0.15) is 5.82 Å². The summed E-state index contributed by atoms with van der Waals surface area (Å²) in [5, 5.41) is 3.66. The predicted molar refractivity (Wildman–Crippen MR) is 106 cm³/mol. The Morgan fingerprint density at radius 3 is 2.52 bits per heavy atom. The number of hydrogen-bond donors (Lipinski definition) is 2. The molecular formula is C19H23Cl2FN2O3. The number of nitrogens with one attached hydrogen (secondary N) is 1. The van der Waals surface area contributed by atoms with Crippen LogP contribution in [0.3, 0.4) is 0 Å². The van der Waals surface area contributed by atoms with E-state index in [0.717, 1.165) is 24.1 Å². The average molecular weight is 417 g/mol. The van der Waals surface area contributed by atoms with Gasteiger partial charge in [-0.15, -0.1) is 12.4 Å². The molecule has 0 aliphatic heterocycles. The Bertz CT molecular complexity index is 742. The molecule has 0 aromatic heterocycles. The van der Waals surface area contributed by atoms with Crippen LogP contribution >= 0.6 is 24.0 Å².